The molecule has 84 valence electrons. The fraction of sp³-hybridized carbons (Fsp3) is 0.286. The molecule has 1 heterocycles. The van der Waals surface area contributed by atoms with Crippen molar-refractivity contribution in [2.24, 2.45) is 0 Å². The predicted molar refractivity (Wildman–Crippen MR) is 64.1 cm³/mol. The first-order valence-corrected chi connectivity index (χ1v) is 5.56. The van der Waals surface area contributed by atoms with E-state index in [-0.39, 0.29) is 0 Å². The summed E-state index contributed by atoms with van der Waals surface area (Å²) in [6, 6.07) is 11.8. The maximum atomic E-state index is 9.67. The zero-order valence-corrected chi connectivity index (χ0v) is 9.60. The molecule has 0 saturated carbocycles. The average molecular weight is 216 g/mol. The van der Waals surface area contributed by atoms with Crippen LogP contribution in [0.1, 0.15) is 30.8 Å². The number of furan rings is 1. The number of rotatable bonds is 3. The molecular formula is C14H16O2. The summed E-state index contributed by atoms with van der Waals surface area (Å²) in [5, 5.41) is 9.67. The lowest BCUT2D eigenvalue weighted by Gasteiger charge is -2.04. The van der Waals surface area contributed by atoms with Crippen LogP contribution in [0.2, 0.25) is 0 Å². The highest BCUT2D eigenvalue weighted by atomic mass is 16.4. The monoisotopic (exact) mass is 216 g/mol. The molecule has 16 heavy (non-hydrogen) atoms. The number of hydrogen-bond donors (Lipinski definition) is 1. The van der Waals surface area contributed by atoms with Crippen LogP contribution in [0.4, 0.5) is 0 Å². The molecule has 0 bridgehead atoms. The van der Waals surface area contributed by atoms with Crippen LogP contribution in [-0.2, 0) is 0 Å². The van der Waals surface area contributed by atoms with Crippen LogP contribution in [0, 0.1) is 6.92 Å². The minimum atomic E-state index is -0.502. The molecule has 0 aliphatic carbocycles. The zero-order chi connectivity index (χ0) is 11.5. The van der Waals surface area contributed by atoms with E-state index in [1.807, 2.05) is 50.2 Å². The van der Waals surface area contributed by atoms with Crippen LogP contribution in [0.25, 0.3) is 11.3 Å². The van der Waals surface area contributed by atoms with Crippen molar-refractivity contribution in [1.29, 1.82) is 0 Å². The van der Waals surface area contributed by atoms with Gasteiger partial charge in [0, 0.05) is 5.56 Å². The molecule has 0 fully saturated rings. The molecule has 2 nitrogen and oxygen atoms in total. The number of aryl methyl sites for hydroxylation is 1. The van der Waals surface area contributed by atoms with Crippen LogP contribution in [-0.4, -0.2) is 5.11 Å². The van der Waals surface area contributed by atoms with Gasteiger partial charge in [-0.05, 0) is 31.0 Å². The lowest BCUT2D eigenvalue weighted by atomic mass is 10.1. The molecule has 1 aromatic heterocycles. The van der Waals surface area contributed by atoms with Crippen LogP contribution in [0.5, 0.6) is 0 Å². The highest BCUT2D eigenvalue weighted by molar-refractivity contribution is 5.61. The summed E-state index contributed by atoms with van der Waals surface area (Å²) in [5.74, 6) is 1.46. The van der Waals surface area contributed by atoms with Gasteiger partial charge < -0.3 is 9.52 Å². The Morgan fingerprint density at radius 3 is 2.62 bits per heavy atom. The van der Waals surface area contributed by atoms with Crippen LogP contribution < -0.4 is 0 Å². The molecule has 2 aromatic rings. The van der Waals surface area contributed by atoms with Gasteiger partial charge in [-0.2, -0.15) is 0 Å². The highest BCUT2D eigenvalue weighted by Gasteiger charge is 2.11. The summed E-state index contributed by atoms with van der Waals surface area (Å²) in [6.07, 6.45) is 0.165. The third-order valence-electron chi connectivity index (χ3n) is 2.75. The first-order chi connectivity index (χ1) is 7.72. The largest absolute Gasteiger partial charge is 0.458 e. The molecule has 0 amide bonds. The van der Waals surface area contributed by atoms with Gasteiger partial charge >= 0.3 is 0 Å². The van der Waals surface area contributed by atoms with Crippen molar-refractivity contribution >= 4 is 0 Å². The van der Waals surface area contributed by atoms with E-state index in [1.54, 1.807) is 0 Å². The second-order valence-electron chi connectivity index (χ2n) is 3.94. The minimum absolute atomic E-state index is 0.502. The molecule has 2 heteroatoms. The number of benzene rings is 1. The summed E-state index contributed by atoms with van der Waals surface area (Å²) in [7, 11) is 0. The topological polar surface area (TPSA) is 33.4 Å². The Morgan fingerprint density at radius 2 is 1.94 bits per heavy atom. The summed E-state index contributed by atoms with van der Waals surface area (Å²) >= 11 is 0. The molecule has 0 spiro atoms. The van der Waals surface area contributed by atoms with Crippen LogP contribution >= 0.6 is 0 Å². The first-order valence-electron chi connectivity index (χ1n) is 5.56. The molecule has 0 aliphatic heterocycles. The molecule has 0 saturated heterocycles. The Labute approximate surface area is 95.5 Å². The molecule has 1 atom stereocenters. The Bertz CT molecular complexity index is 471. The van der Waals surface area contributed by atoms with E-state index in [1.165, 1.54) is 5.56 Å². The minimum Gasteiger partial charge on any atom is -0.458 e. The van der Waals surface area contributed by atoms with Crippen molar-refractivity contribution in [2.45, 2.75) is 26.4 Å². The second kappa shape index (κ2) is 4.54. The SMILES string of the molecule is CCC(O)c1ccc(-c2ccccc2C)o1. The van der Waals surface area contributed by atoms with Crippen molar-refractivity contribution in [3.8, 4) is 11.3 Å². The molecule has 0 aliphatic rings. The molecule has 0 radical (unpaired) electrons. The highest BCUT2D eigenvalue weighted by Crippen LogP contribution is 2.28. The van der Waals surface area contributed by atoms with Crippen LogP contribution in [0.3, 0.4) is 0 Å². The van der Waals surface area contributed by atoms with Crippen molar-refractivity contribution in [3.05, 3.63) is 47.7 Å². The third-order valence-corrected chi connectivity index (χ3v) is 2.75. The fourth-order valence-corrected chi connectivity index (χ4v) is 1.73. The summed E-state index contributed by atoms with van der Waals surface area (Å²) in [5.41, 5.74) is 2.26. The Kier molecular flexibility index (Phi) is 3.11. The standard InChI is InChI=1S/C14H16O2/c1-3-12(15)14-9-8-13(16-14)11-7-5-4-6-10(11)2/h4-9,12,15H,3H2,1-2H3. The lowest BCUT2D eigenvalue weighted by Crippen LogP contribution is -1.91. The molecule has 1 unspecified atom stereocenters. The van der Waals surface area contributed by atoms with Crippen molar-refractivity contribution in [3.63, 3.8) is 0 Å². The molecule has 2 rings (SSSR count). The van der Waals surface area contributed by atoms with Gasteiger partial charge in [0.1, 0.15) is 17.6 Å². The maximum Gasteiger partial charge on any atom is 0.134 e. The van der Waals surface area contributed by atoms with E-state index >= 15 is 0 Å². The van der Waals surface area contributed by atoms with Gasteiger partial charge in [-0.3, -0.25) is 0 Å². The van der Waals surface area contributed by atoms with Gasteiger partial charge in [0.15, 0.2) is 0 Å². The maximum absolute atomic E-state index is 9.67. The normalized spacial score (nSPS) is 12.7. The van der Waals surface area contributed by atoms with Crippen molar-refractivity contribution < 1.29 is 9.52 Å². The quantitative estimate of drug-likeness (QED) is 0.848. The van der Waals surface area contributed by atoms with E-state index in [2.05, 4.69) is 0 Å². The van der Waals surface area contributed by atoms with E-state index in [0.717, 1.165) is 11.3 Å². The summed E-state index contributed by atoms with van der Waals surface area (Å²) < 4.78 is 5.65. The van der Waals surface area contributed by atoms with Gasteiger partial charge in [-0.15, -0.1) is 0 Å². The van der Waals surface area contributed by atoms with E-state index in [0.29, 0.717) is 12.2 Å². The first kappa shape index (κ1) is 11.0. The fourth-order valence-electron chi connectivity index (χ4n) is 1.73. The zero-order valence-electron chi connectivity index (χ0n) is 9.60. The van der Waals surface area contributed by atoms with Gasteiger partial charge in [0.05, 0.1) is 0 Å². The van der Waals surface area contributed by atoms with Gasteiger partial charge in [-0.1, -0.05) is 31.2 Å². The van der Waals surface area contributed by atoms with Crippen LogP contribution in [0.15, 0.2) is 40.8 Å². The molecule has 1 aromatic carbocycles. The lowest BCUT2D eigenvalue weighted by molar-refractivity contribution is 0.147. The summed E-state index contributed by atoms with van der Waals surface area (Å²) in [6.45, 7) is 3.98. The van der Waals surface area contributed by atoms with E-state index in [4.69, 9.17) is 4.42 Å². The van der Waals surface area contributed by atoms with Gasteiger partial charge in [0.2, 0.25) is 0 Å². The predicted octanol–water partition coefficient (Wildman–Crippen LogP) is 3.70. The van der Waals surface area contributed by atoms with Gasteiger partial charge in [-0.25, -0.2) is 0 Å². The number of aliphatic hydroxyl groups is 1. The molecule has 1 N–H and O–H groups in total. The van der Waals surface area contributed by atoms with Crippen molar-refractivity contribution in [1.82, 2.24) is 0 Å². The second-order valence-corrected chi connectivity index (χ2v) is 3.94. The van der Waals surface area contributed by atoms with Gasteiger partial charge in [0.25, 0.3) is 0 Å². The Balaban J connectivity index is 2.35. The number of hydrogen-bond acceptors (Lipinski definition) is 2. The third kappa shape index (κ3) is 2.02. The van der Waals surface area contributed by atoms with Crippen molar-refractivity contribution in [2.75, 3.05) is 0 Å². The van der Waals surface area contributed by atoms with E-state index < -0.39 is 6.10 Å². The van der Waals surface area contributed by atoms with E-state index in [9.17, 15) is 5.11 Å². The Morgan fingerprint density at radius 1 is 1.19 bits per heavy atom. The number of aliphatic hydroxyl groups excluding tert-OH is 1. The molecular weight excluding hydrogens is 200 g/mol. The average Bonchev–Trinajstić information content (AvgIpc) is 2.78. The Hall–Kier alpha value is -1.54. The summed E-state index contributed by atoms with van der Waals surface area (Å²) in [4.78, 5) is 0. The smallest absolute Gasteiger partial charge is 0.134 e.